The molecule has 0 aliphatic carbocycles. The number of hydrogen-bond donors (Lipinski definition) is 0. The second-order valence-corrected chi connectivity index (χ2v) is 5.47. The second kappa shape index (κ2) is 6.28. The maximum absolute atomic E-state index is 12.4. The molecule has 4 nitrogen and oxygen atoms in total. The first-order valence-corrected chi connectivity index (χ1v) is 7.42. The van der Waals surface area contributed by atoms with Crippen LogP contribution < -0.4 is 14.4 Å². The Balaban J connectivity index is 1.78. The van der Waals surface area contributed by atoms with E-state index < -0.39 is 0 Å². The van der Waals surface area contributed by atoms with Gasteiger partial charge in [0, 0.05) is 12.7 Å². The van der Waals surface area contributed by atoms with Crippen LogP contribution >= 0.6 is 11.6 Å². The van der Waals surface area contributed by atoms with E-state index in [0.717, 1.165) is 11.3 Å². The molecule has 0 spiro atoms. The van der Waals surface area contributed by atoms with Crippen LogP contribution in [0, 0.1) is 0 Å². The Morgan fingerprint density at radius 1 is 1.18 bits per heavy atom. The van der Waals surface area contributed by atoms with Crippen LogP contribution in [0.25, 0.3) is 0 Å². The number of likely N-dealkylation sites (N-methyl/N-ethyl adjacent to an activating group) is 1. The normalized spacial score (nSPS) is 12.8. The molecule has 0 saturated heterocycles. The Hall–Kier alpha value is -2.20. The molecular formula is C17H16ClNO3. The molecule has 0 aromatic heterocycles. The number of nitrogens with zero attached hydrogens (tertiary/aromatic N) is 1. The monoisotopic (exact) mass is 317 g/mol. The average molecular weight is 318 g/mol. The van der Waals surface area contributed by atoms with Crippen LogP contribution in [-0.4, -0.2) is 26.2 Å². The number of rotatable bonds is 3. The van der Waals surface area contributed by atoms with Gasteiger partial charge in [-0.05, 0) is 29.8 Å². The average Bonchev–Trinajstić information content (AvgIpc) is 2.55. The van der Waals surface area contributed by atoms with Crippen LogP contribution in [0.5, 0.6) is 11.5 Å². The summed E-state index contributed by atoms with van der Waals surface area (Å²) in [5.74, 6) is 1.14. The molecular weight excluding hydrogens is 302 g/mol. The minimum atomic E-state index is -0.0149. The minimum absolute atomic E-state index is 0.0149. The number of carbonyl (C=O) groups is 1. The largest absolute Gasteiger partial charge is 0.486 e. The summed E-state index contributed by atoms with van der Waals surface area (Å²) in [7, 11) is 1.76. The molecule has 0 N–H and O–H groups in total. The maximum Gasteiger partial charge on any atom is 0.231 e. The molecule has 1 heterocycles. The molecule has 0 atom stereocenters. The van der Waals surface area contributed by atoms with Gasteiger partial charge in [-0.25, -0.2) is 0 Å². The van der Waals surface area contributed by atoms with Crippen molar-refractivity contribution in [3.8, 4) is 11.5 Å². The summed E-state index contributed by atoms with van der Waals surface area (Å²) in [6.45, 7) is 0.979. The van der Waals surface area contributed by atoms with Crippen molar-refractivity contribution in [3.05, 3.63) is 53.1 Å². The van der Waals surface area contributed by atoms with Crippen LogP contribution in [0.4, 0.5) is 5.69 Å². The summed E-state index contributed by atoms with van der Waals surface area (Å²) in [6, 6.07) is 13.1. The van der Waals surface area contributed by atoms with Gasteiger partial charge in [-0.2, -0.15) is 0 Å². The Morgan fingerprint density at radius 2 is 1.91 bits per heavy atom. The quantitative estimate of drug-likeness (QED) is 0.871. The molecule has 2 aromatic carbocycles. The van der Waals surface area contributed by atoms with Crippen molar-refractivity contribution in [2.24, 2.45) is 0 Å². The van der Waals surface area contributed by atoms with E-state index in [4.69, 9.17) is 21.1 Å². The first-order chi connectivity index (χ1) is 10.6. The Morgan fingerprint density at radius 3 is 2.68 bits per heavy atom. The lowest BCUT2D eigenvalue weighted by Crippen LogP contribution is -2.27. The van der Waals surface area contributed by atoms with Crippen molar-refractivity contribution >= 4 is 23.2 Å². The number of ether oxygens (including phenoxy) is 2. The number of amides is 1. The highest BCUT2D eigenvalue weighted by atomic mass is 35.5. The molecule has 2 aromatic rings. The lowest BCUT2D eigenvalue weighted by atomic mass is 10.1. The molecule has 22 heavy (non-hydrogen) atoms. The van der Waals surface area contributed by atoms with Crippen LogP contribution in [0.15, 0.2) is 42.5 Å². The zero-order valence-electron chi connectivity index (χ0n) is 12.2. The first-order valence-electron chi connectivity index (χ1n) is 7.05. The van der Waals surface area contributed by atoms with E-state index in [9.17, 15) is 4.79 Å². The lowest BCUT2D eigenvalue weighted by Gasteiger charge is -2.21. The van der Waals surface area contributed by atoms with Gasteiger partial charge in [-0.1, -0.05) is 29.8 Å². The fourth-order valence-corrected chi connectivity index (χ4v) is 2.64. The van der Waals surface area contributed by atoms with Crippen molar-refractivity contribution in [2.45, 2.75) is 6.42 Å². The van der Waals surface area contributed by atoms with Crippen LogP contribution in [0.3, 0.4) is 0 Å². The van der Waals surface area contributed by atoms with E-state index in [1.165, 1.54) is 0 Å². The molecule has 0 saturated carbocycles. The van der Waals surface area contributed by atoms with Crippen molar-refractivity contribution in [2.75, 3.05) is 25.2 Å². The zero-order valence-corrected chi connectivity index (χ0v) is 13.0. The van der Waals surface area contributed by atoms with Crippen molar-refractivity contribution in [1.29, 1.82) is 0 Å². The highest BCUT2D eigenvalue weighted by Crippen LogP contribution is 2.38. The highest BCUT2D eigenvalue weighted by molar-refractivity contribution is 6.32. The lowest BCUT2D eigenvalue weighted by molar-refractivity contribution is -0.117. The van der Waals surface area contributed by atoms with Gasteiger partial charge in [0.25, 0.3) is 0 Å². The van der Waals surface area contributed by atoms with Gasteiger partial charge < -0.3 is 14.4 Å². The Kier molecular flexibility index (Phi) is 4.20. The molecule has 0 unspecified atom stereocenters. The maximum atomic E-state index is 12.4. The number of anilines is 1. The number of fused-ring (bicyclic) bond motifs is 1. The molecule has 1 aliphatic heterocycles. The van der Waals surface area contributed by atoms with Crippen LogP contribution in [0.2, 0.25) is 5.02 Å². The zero-order chi connectivity index (χ0) is 15.5. The number of benzene rings is 2. The van der Waals surface area contributed by atoms with Gasteiger partial charge in [0.1, 0.15) is 13.2 Å². The molecule has 0 fully saturated rings. The van der Waals surface area contributed by atoms with E-state index in [0.29, 0.717) is 29.7 Å². The third-order valence-corrected chi connectivity index (χ3v) is 3.81. The van der Waals surface area contributed by atoms with Crippen molar-refractivity contribution in [1.82, 2.24) is 0 Å². The number of halogens is 1. The summed E-state index contributed by atoms with van der Waals surface area (Å²) < 4.78 is 11.0. The van der Waals surface area contributed by atoms with E-state index >= 15 is 0 Å². The third kappa shape index (κ3) is 3.02. The van der Waals surface area contributed by atoms with Gasteiger partial charge >= 0.3 is 0 Å². The second-order valence-electron chi connectivity index (χ2n) is 5.07. The Bertz CT molecular complexity index is 688. The molecule has 0 bridgehead atoms. The molecule has 5 heteroatoms. The van der Waals surface area contributed by atoms with Crippen molar-refractivity contribution < 1.29 is 14.3 Å². The summed E-state index contributed by atoms with van der Waals surface area (Å²) in [5, 5.41) is 0.474. The van der Waals surface area contributed by atoms with Gasteiger partial charge in [0.2, 0.25) is 5.91 Å². The smallest absolute Gasteiger partial charge is 0.231 e. The number of carbonyl (C=O) groups excluding carboxylic acids is 1. The van der Waals surface area contributed by atoms with Gasteiger partial charge in [-0.3, -0.25) is 4.79 Å². The number of para-hydroxylation sites is 1. The van der Waals surface area contributed by atoms with Crippen LogP contribution in [-0.2, 0) is 11.2 Å². The van der Waals surface area contributed by atoms with E-state index in [1.54, 1.807) is 18.0 Å². The third-order valence-electron chi connectivity index (χ3n) is 3.53. The number of hydrogen-bond acceptors (Lipinski definition) is 3. The highest BCUT2D eigenvalue weighted by Gasteiger charge is 2.19. The fraction of sp³-hybridized carbons (Fsp3) is 0.235. The van der Waals surface area contributed by atoms with E-state index in [1.807, 2.05) is 36.4 Å². The van der Waals surface area contributed by atoms with Gasteiger partial charge in [-0.15, -0.1) is 0 Å². The summed E-state index contributed by atoms with van der Waals surface area (Å²) in [6.07, 6.45) is 0.252. The standard InChI is InChI=1S/C17H16ClNO3/c1-19(13-5-3-2-4-6-13)16(20)11-12-9-14(18)17-15(10-12)21-7-8-22-17/h2-6,9-10H,7-8,11H2,1H3. The van der Waals surface area contributed by atoms with E-state index in [-0.39, 0.29) is 12.3 Å². The summed E-state index contributed by atoms with van der Waals surface area (Å²) >= 11 is 6.20. The molecule has 1 amide bonds. The fourth-order valence-electron chi connectivity index (χ4n) is 2.36. The summed E-state index contributed by atoms with van der Waals surface area (Å²) in [5.41, 5.74) is 1.66. The molecule has 114 valence electrons. The predicted octanol–water partition coefficient (Wildman–Crippen LogP) is 3.32. The van der Waals surface area contributed by atoms with E-state index in [2.05, 4.69) is 0 Å². The first kappa shape index (κ1) is 14.7. The minimum Gasteiger partial charge on any atom is -0.486 e. The van der Waals surface area contributed by atoms with Gasteiger partial charge in [0.15, 0.2) is 11.5 Å². The molecule has 3 rings (SSSR count). The Labute approximate surface area is 134 Å². The predicted molar refractivity (Wildman–Crippen MR) is 86.0 cm³/mol. The summed E-state index contributed by atoms with van der Waals surface area (Å²) in [4.78, 5) is 14.0. The topological polar surface area (TPSA) is 38.8 Å². The van der Waals surface area contributed by atoms with Gasteiger partial charge in [0.05, 0.1) is 11.4 Å². The SMILES string of the molecule is CN(C(=O)Cc1cc(Cl)c2c(c1)OCCO2)c1ccccc1. The molecule has 0 radical (unpaired) electrons. The van der Waals surface area contributed by atoms with Crippen LogP contribution in [0.1, 0.15) is 5.56 Å². The van der Waals surface area contributed by atoms with Crippen molar-refractivity contribution in [3.63, 3.8) is 0 Å². The molecule has 1 aliphatic rings.